The number of H-pyrrole nitrogens is 1. The van der Waals surface area contributed by atoms with Gasteiger partial charge in [-0.1, -0.05) is 29.8 Å². The average molecular weight is 293 g/mol. The first-order chi connectivity index (χ1) is 9.56. The van der Waals surface area contributed by atoms with Crippen molar-refractivity contribution >= 4 is 22.7 Å². The number of benzene rings is 2. The van der Waals surface area contributed by atoms with Crippen LogP contribution in [-0.4, -0.2) is 4.98 Å². The Morgan fingerprint density at radius 3 is 2.90 bits per heavy atom. The fourth-order valence-electron chi connectivity index (χ4n) is 2.10. The first-order valence-electron chi connectivity index (χ1n) is 5.88. The predicted octanol–water partition coefficient (Wildman–Crippen LogP) is 2.96. The van der Waals surface area contributed by atoms with Crippen LogP contribution in [0.4, 0.5) is 4.39 Å². The van der Waals surface area contributed by atoms with Gasteiger partial charge in [-0.25, -0.2) is 9.18 Å². The van der Waals surface area contributed by atoms with Crippen LogP contribution in [0, 0.1) is 5.82 Å². The number of rotatable bonds is 2. The van der Waals surface area contributed by atoms with E-state index in [1.807, 2.05) is 0 Å². The third-order valence-electron chi connectivity index (χ3n) is 3.12. The minimum Gasteiger partial charge on any atom is -0.408 e. The normalized spacial score (nSPS) is 12.8. The number of aromatic nitrogens is 1. The second kappa shape index (κ2) is 4.77. The predicted molar refractivity (Wildman–Crippen MR) is 74.3 cm³/mol. The third-order valence-corrected chi connectivity index (χ3v) is 3.52. The molecule has 0 saturated carbocycles. The van der Waals surface area contributed by atoms with Crippen LogP contribution in [0.25, 0.3) is 11.1 Å². The highest BCUT2D eigenvalue weighted by atomic mass is 35.5. The molecule has 102 valence electrons. The maximum Gasteiger partial charge on any atom is 0.417 e. The van der Waals surface area contributed by atoms with E-state index in [0.717, 1.165) is 0 Å². The first-order valence-corrected chi connectivity index (χ1v) is 6.26. The zero-order chi connectivity index (χ0) is 14.3. The molecule has 2 aromatic carbocycles. The van der Waals surface area contributed by atoms with Crippen LogP contribution in [0.1, 0.15) is 17.2 Å². The van der Waals surface area contributed by atoms with E-state index in [0.29, 0.717) is 22.2 Å². The summed E-state index contributed by atoms with van der Waals surface area (Å²) in [7, 11) is 0. The summed E-state index contributed by atoms with van der Waals surface area (Å²) in [5.74, 6) is -1.05. The lowest BCUT2D eigenvalue weighted by molar-refractivity contribution is 0.555. The van der Waals surface area contributed by atoms with E-state index in [9.17, 15) is 9.18 Å². The Labute approximate surface area is 118 Å². The van der Waals surface area contributed by atoms with Gasteiger partial charge in [0.25, 0.3) is 0 Å². The standard InChI is InChI=1S/C14H10ClFN2O2/c15-12-8(2-1-3-9(12)16)13(17)7-4-5-10-11(6-7)20-14(19)18-10/h1-6,13H,17H2,(H,18,19). The Kier molecular flexibility index (Phi) is 3.08. The number of nitrogens with two attached hydrogens (primary N) is 1. The lowest BCUT2D eigenvalue weighted by Gasteiger charge is -2.14. The monoisotopic (exact) mass is 292 g/mol. The van der Waals surface area contributed by atoms with Crippen molar-refractivity contribution in [2.24, 2.45) is 5.73 Å². The Morgan fingerprint density at radius 2 is 2.10 bits per heavy atom. The maximum atomic E-state index is 13.5. The minimum atomic E-state index is -0.609. The molecule has 1 unspecified atom stereocenters. The van der Waals surface area contributed by atoms with Gasteiger partial charge in [0.05, 0.1) is 16.6 Å². The summed E-state index contributed by atoms with van der Waals surface area (Å²) in [5.41, 5.74) is 8.23. The molecule has 0 spiro atoms. The molecular weight excluding hydrogens is 283 g/mol. The molecule has 0 fully saturated rings. The first kappa shape index (κ1) is 12.9. The van der Waals surface area contributed by atoms with E-state index >= 15 is 0 Å². The van der Waals surface area contributed by atoms with Gasteiger partial charge < -0.3 is 10.2 Å². The number of nitrogens with one attached hydrogen (secondary N) is 1. The largest absolute Gasteiger partial charge is 0.417 e. The molecule has 0 bridgehead atoms. The summed E-state index contributed by atoms with van der Waals surface area (Å²) in [5, 5.41) is -0.00406. The van der Waals surface area contributed by atoms with Crippen molar-refractivity contribution in [2.45, 2.75) is 6.04 Å². The second-order valence-electron chi connectivity index (χ2n) is 4.39. The molecule has 0 saturated heterocycles. The van der Waals surface area contributed by atoms with E-state index in [-0.39, 0.29) is 5.02 Å². The Balaban J connectivity index is 2.09. The highest BCUT2D eigenvalue weighted by Gasteiger charge is 2.16. The second-order valence-corrected chi connectivity index (χ2v) is 4.77. The summed E-state index contributed by atoms with van der Waals surface area (Å²) in [4.78, 5) is 13.7. The lowest BCUT2D eigenvalue weighted by atomic mass is 9.99. The van der Waals surface area contributed by atoms with Crippen LogP contribution < -0.4 is 11.5 Å². The van der Waals surface area contributed by atoms with Crippen molar-refractivity contribution in [1.82, 2.24) is 4.98 Å². The van der Waals surface area contributed by atoms with E-state index in [1.54, 1.807) is 30.3 Å². The van der Waals surface area contributed by atoms with E-state index in [1.165, 1.54) is 6.07 Å². The minimum absolute atomic E-state index is 0.00406. The van der Waals surface area contributed by atoms with Crippen molar-refractivity contribution < 1.29 is 8.81 Å². The molecule has 0 aliphatic heterocycles. The van der Waals surface area contributed by atoms with Crippen molar-refractivity contribution in [3.8, 4) is 0 Å². The topological polar surface area (TPSA) is 72.0 Å². The summed E-state index contributed by atoms with van der Waals surface area (Å²) in [6.07, 6.45) is 0. The summed E-state index contributed by atoms with van der Waals surface area (Å²) in [6, 6.07) is 8.93. The Hall–Kier alpha value is -2.11. The number of halogens is 2. The van der Waals surface area contributed by atoms with Crippen LogP contribution in [-0.2, 0) is 0 Å². The molecule has 0 radical (unpaired) electrons. The van der Waals surface area contributed by atoms with Gasteiger partial charge in [-0.05, 0) is 29.3 Å². The quantitative estimate of drug-likeness (QED) is 0.763. The van der Waals surface area contributed by atoms with Gasteiger partial charge in [0, 0.05) is 0 Å². The molecule has 20 heavy (non-hydrogen) atoms. The number of oxazole rings is 1. The highest BCUT2D eigenvalue weighted by molar-refractivity contribution is 6.31. The van der Waals surface area contributed by atoms with E-state index in [2.05, 4.69) is 4.98 Å². The lowest BCUT2D eigenvalue weighted by Crippen LogP contribution is -2.12. The Morgan fingerprint density at radius 1 is 1.30 bits per heavy atom. The fraction of sp³-hybridized carbons (Fsp3) is 0.0714. The highest BCUT2D eigenvalue weighted by Crippen LogP contribution is 2.29. The molecule has 1 atom stereocenters. The van der Waals surface area contributed by atoms with Crippen LogP contribution in [0.5, 0.6) is 0 Å². The van der Waals surface area contributed by atoms with Crippen molar-refractivity contribution in [3.05, 3.63) is 68.9 Å². The Bertz CT molecular complexity index is 841. The summed E-state index contributed by atoms with van der Waals surface area (Å²) >= 11 is 5.93. The maximum absolute atomic E-state index is 13.5. The summed E-state index contributed by atoms with van der Waals surface area (Å²) in [6.45, 7) is 0. The van der Waals surface area contributed by atoms with Crippen molar-refractivity contribution in [2.75, 3.05) is 0 Å². The van der Waals surface area contributed by atoms with Gasteiger partial charge in [-0.2, -0.15) is 0 Å². The van der Waals surface area contributed by atoms with Crippen LogP contribution in [0.15, 0.2) is 45.6 Å². The molecule has 0 aliphatic carbocycles. The number of aromatic amines is 1. The molecule has 6 heteroatoms. The number of fused-ring (bicyclic) bond motifs is 1. The van der Waals surface area contributed by atoms with Crippen LogP contribution >= 0.6 is 11.6 Å². The van der Waals surface area contributed by atoms with Crippen LogP contribution in [0.2, 0.25) is 5.02 Å². The molecule has 4 nitrogen and oxygen atoms in total. The molecule has 3 aromatic rings. The van der Waals surface area contributed by atoms with Gasteiger partial charge in [-0.3, -0.25) is 4.98 Å². The summed E-state index contributed by atoms with van der Waals surface area (Å²) < 4.78 is 18.4. The molecule has 3 rings (SSSR count). The molecular formula is C14H10ClFN2O2. The molecule has 0 aliphatic rings. The SMILES string of the molecule is NC(c1ccc2[nH]c(=O)oc2c1)c1cccc(F)c1Cl. The smallest absolute Gasteiger partial charge is 0.408 e. The van der Waals surface area contributed by atoms with Gasteiger partial charge in [-0.15, -0.1) is 0 Å². The molecule has 1 heterocycles. The van der Waals surface area contributed by atoms with Crippen LogP contribution in [0.3, 0.4) is 0 Å². The fourth-order valence-corrected chi connectivity index (χ4v) is 2.34. The third kappa shape index (κ3) is 2.11. The van der Waals surface area contributed by atoms with Crippen molar-refractivity contribution in [3.63, 3.8) is 0 Å². The zero-order valence-electron chi connectivity index (χ0n) is 10.2. The van der Waals surface area contributed by atoms with E-state index < -0.39 is 17.6 Å². The molecule has 1 aromatic heterocycles. The van der Waals surface area contributed by atoms with Gasteiger partial charge in [0.15, 0.2) is 5.58 Å². The van der Waals surface area contributed by atoms with Gasteiger partial charge >= 0.3 is 5.76 Å². The van der Waals surface area contributed by atoms with Crippen molar-refractivity contribution in [1.29, 1.82) is 0 Å². The number of hydrogen-bond donors (Lipinski definition) is 2. The zero-order valence-corrected chi connectivity index (χ0v) is 10.9. The average Bonchev–Trinajstić information content (AvgIpc) is 2.80. The van der Waals surface area contributed by atoms with Gasteiger partial charge in [0.1, 0.15) is 5.82 Å². The van der Waals surface area contributed by atoms with E-state index in [4.69, 9.17) is 21.8 Å². The molecule has 0 amide bonds. The molecule has 3 N–H and O–H groups in total. The number of hydrogen-bond acceptors (Lipinski definition) is 3. The van der Waals surface area contributed by atoms with Gasteiger partial charge in [0.2, 0.25) is 0 Å².